The van der Waals surface area contributed by atoms with E-state index in [2.05, 4.69) is 17.4 Å². The summed E-state index contributed by atoms with van der Waals surface area (Å²) >= 11 is 0. The van der Waals surface area contributed by atoms with E-state index in [1.54, 1.807) is 0 Å². The fourth-order valence-electron chi connectivity index (χ4n) is 1.91. The average molecular weight is 185 g/mol. The Kier molecular flexibility index (Phi) is 4.02. The lowest BCUT2D eigenvalue weighted by Gasteiger charge is -2.18. The molecule has 0 bridgehead atoms. The minimum Gasteiger partial charge on any atom is -0.409 e. The number of nitrogens with two attached hydrogens (primary N) is 1. The number of oxime groups is 1. The summed E-state index contributed by atoms with van der Waals surface area (Å²) in [4.78, 5) is 0. The summed E-state index contributed by atoms with van der Waals surface area (Å²) in [5.41, 5.74) is 5.41. The van der Waals surface area contributed by atoms with Crippen molar-refractivity contribution in [2.24, 2.45) is 10.9 Å². The van der Waals surface area contributed by atoms with Gasteiger partial charge in [-0.25, -0.2) is 0 Å². The molecule has 4 heteroatoms. The third-order valence-corrected chi connectivity index (χ3v) is 2.52. The second-order valence-corrected chi connectivity index (χ2v) is 3.84. The molecule has 0 aromatic rings. The van der Waals surface area contributed by atoms with Crippen molar-refractivity contribution in [3.05, 3.63) is 0 Å². The van der Waals surface area contributed by atoms with Gasteiger partial charge in [0.25, 0.3) is 0 Å². The molecule has 1 rings (SSSR count). The second kappa shape index (κ2) is 5.07. The second-order valence-electron chi connectivity index (χ2n) is 3.84. The molecule has 4 nitrogen and oxygen atoms in total. The van der Waals surface area contributed by atoms with Crippen LogP contribution in [0.5, 0.6) is 0 Å². The molecule has 0 saturated heterocycles. The first-order chi connectivity index (χ1) is 6.22. The van der Waals surface area contributed by atoms with Gasteiger partial charge in [-0.05, 0) is 19.8 Å². The molecule has 1 fully saturated rings. The van der Waals surface area contributed by atoms with Gasteiger partial charge in [-0.15, -0.1) is 0 Å². The van der Waals surface area contributed by atoms with Crippen LogP contribution in [-0.2, 0) is 0 Å². The molecule has 1 unspecified atom stereocenters. The SMILES string of the molecule is CC(CC(N)=NO)NC1CCCC1. The van der Waals surface area contributed by atoms with E-state index in [9.17, 15) is 0 Å². The van der Waals surface area contributed by atoms with Crippen LogP contribution in [0.3, 0.4) is 0 Å². The van der Waals surface area contributed by atoms with E-state index >= 15 is 0 Å². The van der Waals surface area contributed by atoms with Crippen LogP contribution in [0.15, 0.2) is 5.16 Å². The molecule has 1 atom stereocenters. The Balaban J connectivity index is 2.20. The highest BCUT2D eigenvalue weighted by Gasteiger charge is 2.17. The molecule has 0 aliphatic heterocycles. The molecule has 0 heterocycles. The lowest BCUT2D eigenvalue weighted by molar-refractivity contribution is 0.315. The normalized spacial score (nSPS) is 22.1. The van der Waals surface area contributed by atoms with Gasteiger partial charge in [0, 0.05) is 18.5 Å². The van der Waals surface area contributed by atoms with E-state index in [1.165, 1.54) is 25.7 Å². The largest absolute Gasteiger partial charge is 0.409 e. The monoisotopic (exact) mass is 185 g/mol. The summed E-state index contributed by atoms with van der Waals surface area (Å²) in [5, 5.41) is 14.8. The van der Waals surface area contributed by atoms with Crippen molar-refractivity contribution < 1.29 is 5.21 Å². The van der Waals surface area contributed by atoms with Crippen LogP contribution < -0.4 is 11.1 Å². The first-order valence-electron chi connectivity index (χ1n) is 4.95. The summed E-state index contributed by atoms with van der Waals surface area (Å²) in [7, 11) is 0. The van der Waals surface area contributed by atoms with E-state index in [0.29, 0.717) is 24.3 Å². The highest BCUT2D eigenvalue weighted by molar-refractivity contribution is 5.80. The van der Waals surface area contributed by atoms with Crippen molar-refractivity contribution in [1.82, 2.24) is 5.32 Å². The number of nitrogens with zero attached hydrogens (tertiary/aromatic N) is 1. The maximum atomic E-state index is 8.38. The molecule has 0 aromatic carbocycles. The number of amidine groups is 1. The van der Waals surface area contributed by atoms with Crippen molar-refractivity contribution in [2.75, 3.05) is 0 Å². The van der Waals surface area contributed by atoms with E-state index in [1.807, 2.05) is 0 Å². The van der Waals surface area contributed by atoms with Crippen molar-refractivity contribution in [3.8, 4) is 0 Å². The van der Waals surface area contributed by atoms with Gasteiger partial charge in [0.1, 0.15) is 5.84 Å². The molecule has 0 aromatic heterocycles. The molecular weight excluding hydrogens is 166 g/mol. The van der Waals surface area contributed by atoms with Crippen LogP contribution in [0.2, 0.25) is 0 Å². The first-order valence-corrected chi connectivity index (χ1v) is 4.95. The fraction of sp³-hybridized carbons (Fsp3) is 0.889. The topological polar surface area (TPSA) is 70.6 Å². The summed E-state index contributed by atoms with van der Waals surface area (Å²) in [6.07, 6.45) is 5.80. The Bertz CT molecular complexity index is 176. The van der Waals surface area contributed by atoms with Crippen molar-refractivity contribution in [3.63, 3.8) is 0 Å². The zero-order valence-corrected chi connectivity index (χ0v) is 8.16. The smallest absolute Gasteiger partial charge is 0.140 e. The maximum absolute atomic E-state index is 8.38. The predicted molar refractivity (Wildman–Crippen MR) is 52.9 cm³/mol. The zero-order chi connectivity index (χ0) is 9.68. The van der Waals surface area contributed by atoms with Crippen LogP contribution in [0.4, 0.5) is 0 Å². The Labute approximate surface area is 79.2 Å². The molecule has 0 spiro atoms. The number of nitrogens with one attached hydrogen (secondary N) is 1. The van der Waals surface area contributed by atoms with Crippen molar-refractivity contribution >= 4 is 5.84 Å². The molecule has 0 amide bonds. The van der Waals surface area contributed by atoms with Crippen molar-refractivity contribution in [1.29, 1.82) is 0 Å². The third-order valence-electron chi connectivity index (χ3n) is 2.52. The zero-order valence-electron chi connectivity index (χ0n) is 8.16. The van der Waals surface area contributed by atoms with Gasteiger partial charge < -0.3 is 16.3 Å². The molecule has 76 valence electrons. The Hall–Kier alpha value is -0.770. The molecule has 1 aliphatic carbocycles. The standard InChI is InChI=1S/C9H19N3O/c1-7(6-9(10)12-13)11-8-4-2-3-5-8/h7-8,11,13H,2-6H2,1H3,(H2,10,12). The summed E-state index contributed by atoms with van der Waals surface area (Å²) < 4.78 is 0. The molecule has 1 aliphatic rings. The first kappa shape index (κ1) is 10.3. The van der Waals surface area contributed by atoms with E-state index in [-0.39, 0.29) is 0 Å². The highest BCUT2D eigenvalue weighted by atomic mass is 16.4. The predicted octanol–water partition coefficient (Wildman–Crippen LogP) is 1.04. The molecule has 1 saturated carbocycles. The summed E-state index contributed by atoms with van der Waals surface area (Å²) in [6.45, 7) is 2.07. The van der Waals surface area contributed by atoms with Gasteiger partial charge in [-0.2, -0.15) is 0 Å². The van der Waals surface area contributed by atoms with Crippen LogP contribution in [-0.4, -0.2) is 23.1 Å². The van der Waals surface area contributed by atoms with Gasteiger partial charge >= 0.3 is 0 Å². The van der Waals surface area contributed by atoms with E-state index in [0.717, 1.165) is 0 Å². The Morgan fingerprint density at radius 2 is 2.23 bits per heavy atom. The van der Waals surface area contributed by atoms with Crippen molar-refractivity contribution in [2.45, 2.75) is 51.1 Å². The van der Waals surface area contributed by atoms with Gasteiger partial charge in [-0.1, -0.05) is 18.0 Å². The van der Waals surface area contributed by atoms with Gasteiger partial charge in [-0.3, -0.25) is 0 Å². The number of rotatable bonds is 4. The lowest BCUT2D eigenvalue weighted by atomic mass is 10.1. The van der Waals surface area contributed by atoms with Gasteiger partial charge in [0.05, 0.1) is 0 Å². The number of hydrogen-bond donors (Lipinski definition) is 3. The number of hydrogen-bond acceptors (Lipinski definition) is 3. The van der Waals surface area contributed by atoms with E-state index < -0.39 is 0 Å². The van der Waals surface area contributed by atoms with Gasteiger partial charge in [0.15, 0.2) is 0 Å². The summed E-state index contributed by atoms with van der Waals surface area (Å²) in [6, 6.07) is 0.945. The average Bonchev–Trinajstić information content (AvgIpc) is 2.56. The van der Waals surface area contributed by atoms with Crippen LogP contribution in [0.1, 0.15) is 39.0 Å². The molecule has 13 heavy (non-hydrogen) atoms. The van der Waals surface area contributed by atoms with E-state index in [4.69, 9.17) is 10.9 Å². The lowest BCUT2D eigenvalue weighted by Crippen LogP contribution is -2.37. The van der Waals surface area contributed by atoms with Crippen LogP contribution in [0.25, 0.3) is 0 Å². The molecule has 0 radical (unpaired) electrons. The minimum atomic E-state index is 0.304. The third kappa shape index (κ3) is 3.63. The fourth-order valence-corrected chi connectivity index (χ4v) is 1.91. The van der Waals surface area contributed by atoms with Gasteiger partial charge in [0.2, 0.25) is 0 Å². The Morgan fingerprint density at radius 1 is 1.62 bits per heavy atom. The maximum Gasteiger partial charge on any atom is 0.140 e. The Morgan fingerprint density at radius 3 is 2.77 bits per heavy atom. The molecule has 4 N–H and O–H groups in total. The summed E-state index contributed by atoms with van der Waals surface area (Å²) in [5.74, 6) is 0.304. The quantitative estimate of drug-likeness (QED) is 0.265. The van der Waals surface area contributed by atoms with Crippen LogP contribution in [0, 0.1) is 0 Å². The van der Waals surface area contributed by atoms with Crippen LogP contribution >= 0.6 is 0 Å². The minimum absolute atomic E-state index is 0.304. The highest BCUT2D eigenvalue weighted by Crippen LogP contribution is 2.18. The molecular formula is C9H19N3O.